The van der Waals surface area contributed by atoms with E-state index < -0.39 is 9.84 Å². The Labute approximate surface area is 139 Å². The van der Waals surface area contributed by atoms with Crippen LogP contribution in [0.4, 0.5) is 0 Å². The summed E-state index contributed by atoms with van der Waals surface area (Å²) in [6.45, 7) is 3.10. The summed E-state index contributed by atoms with van der Waals surface area (Å²) in [5.74, 6) is 0.384. The summed E-state index contributed by atoms with van der Waals surface area (Å²) in [6, 6.07) is 1.61. The van der Waals surface area contributed by atoms with Crippen molar-refractivity contribution in [3.63, 3.8) is 0 Å². The lowest BCUT2D eigenvalue weighted by atomic mass is 9.97. The summed E-state index contributed by atoms with van der Waals surface area (Å²) in [7, 11) is -3.42. The molecular weight excluding hydrogens is 330 g/mol. The van der Waals surface area contributed by atoms with E-state index in [1.807, 2.05) is 0 Å². The summed E-state index contributed by atoms with van der Waals surface area (Å²) in [4.78, 5) is 19.1. The van der Waals surface area contributed by atoms with Gasteiger partial charge in [-0.25, -0.2) is 13.4 Å². The fourth-order valence-corrected chi connectivity index (χ4v) is 4.53. The molecule has 2 aliphatic heterocycles. The Balaban J connectivity index is 1.58. The van der Waals surface area contributed by atoms with Crippen molar-refractivity contribution < 1.29 is 17.6 Å². The zero-order chi connectivity index (χ0) is 16.9. The van der Waals surface area contributed by atoms with Crippen LogP contribution < -0.4 is 5.32 Å². The van der Waals surface area contributed by atoms with Crippen molar-refractivity contribution in [1.29, 1.82) is 0 Å². The van der Waals surface area contributed by atoms with E-state index in [0.717, 1.165) is 32.3 Å². The number of nitrogens with one attached hydrogen (secondary N) is 1. The van der Waals surface area contributed by atoms with Crippen molar-refractivity contribution in [3.8, 4) is 0 Å². The van der Waals surface area contributed by atoms with Gasteiger partial charge in [-0.1, -0.05) is 0 Å². The molecule has 2 bridgehead atoms. The SMILES string of the molecule is CS(=O)(=O)c1coc2cnc(C(=O)NC3CC4CCN(C4)C3)cc12. The predicted molar refractivity (Wildman–Crippen MR) is 87.5 cm³/mol. The van der Waals surface area contributed by atoms with Crippen LogP contribution in [-0.4, -0.2) is 56.1 Å². The van der Waals surface area contributed by atoms with Gasteiger partial charge in [0.25, 0.3) is 5.91 Å². The maximum absolute atomic E-state index is 12.5. The lowest BCUT2D eigenvalue weighted by Gasteiger charge is -2.30. The summed E-state index contributed by atoms with van der Waals surface area (Å²) >= 11 is 0. The molecule has 0 radical (unpaired) electrons. The molecule has 0 spiro atoms. The quantitative estimate of drug-likeness (QED) is 0.891. The highest BCUT2D eigenvalue weighted by atomic mass is 32.2. The second-order valence-corrected chi connectivity index (χ2v) is 8.74. The first-order chi connectivity index (χ1) is 11.4. The standard InChI is InChI=1S/C16H19N3O4S/c1-24(21,22)15-9-23-14-6-17-13(5-12(14)15)16(20)18-11-4-10-2-3-19(7-10)8-11/h5-6,9-11H,2-4,7-8H2,1H3,(H,18,20). The topological polar surface area (TPSA) is 92.5 Å². The first-order valence-corrected chi connectivity index (χ1v) is 9.90. The van der Waals surface area contributed by atoms with E-state index in [2.05, 4.69) is 15.2 Å². The number of aromatic nitrogens is 1. The van der Waals surface area contributed by atoms with Crippen molar-refractivity contribution in [2.24, 2.45) is 5.92 Å². The second kappa shape index (κ2) is 5.56. The molecule has 2 saturated heterocycles. The molecule has 0 aliphatic carbocycles. The molecule has 7 nitrogen and oxygen atoms in total. The Hall–Kier alpha value is -1.93. The summed E-state index contributed by atoms with van der Waals surface area (Å²) in [5.41, 5.74) is 0.565. The number of fused-ring (bicyclic) bond motifs is 3. The zero-order valence-electron chi connectivity index (χ0n) is 13.4. The first-order valence-electron chi connectivity index (χ1n) is 8.00. The van der Waals surface area contributed by atoms with Crippen molar-refractivity contribution in [3.05, 3.63) is 24.2 Å². The van der Waals surface area contributed by atoms with Crippen LogP contribution in [0.15, 0.2) is 27.8 Å². The van der Waals surface area contributed by atoms with Crippen LogP contribution in [0.1, 0.15) is 23.3 Å². The van der Waals surface area contributed by atoms with Gasteiger partial charge < -0.3 is 14.6 Å². The van der Waals surface area contributed by atoms with Crippen LogP contribution in [0, 0.1) is 5.92 Å². The zero-order valence-corrected chi connectivity index (χ0v) is 14.2. The number of nitrogens with zero attached hydrogens (tertiary/aromatic N) is 2. The van der Waals surface area contributed by atoms with Gasteiger partial charge in [0.05, 0.1) is 6.20 Å². The lowest BCUT2D eigenvalue weighted by molar-refractivity contribution is 0.0904. The number of rotatable bonds is 3. The molecule has 3 unspecified atom stereocenters. The van der Waals surface area contributed by atoms with Gasteiger partial charge in [0.1, 0.15) is 16.9 Å². The molecule has 8 heteroatoms. The highest BCUT2D eigenvalue weighted by molar-refractivity contribution is 7.91. The molecule has 1 N–H and O–H groups in total. The van der Waals surface area contributed by atoms with E-state index in [9.17, 15) is 13.2 Å². The third kappa shape index (κ3) is 2.80. The van der Waals surface area contributed by atoms with Gasteiger partial charge in [0.2, 0.25) is 0 Å². The fourth-order valence-electron chi connectivity index (χ4n) is 3.74. The number of amides is 1. The highest BCUT2D eigenvalue weighted by Gasteiger charge is 2.33. The Morgan fingerprint density at radius 3 is 3.00 bits per heavy atom. The predicted octanol–water partition coefficient (Wildman–Crippen LogP) is 1.06. The molecule has 4 rings (SSSR count). The second-order valence-electron chi connectivity index (χ2n) is 6.76. The summed E-state index contributed by atoms with van der Waals surface area (Å²) in [5, 5.41) is 3.42. The van der Waals surface area contributed by atoms with E-state index in [1.165, 1.54) is 24.9 Å². The first kappa shape index (κ1) is 15.6. The average molecular weight is 349 g/mol. The van der Waals surface area contributed by atoms with E-state index in [-0.39, 0.29) is 22.5 Å². The van der Waals surface area contributed by atoms with Crippen molar-refractivity contribution in [2.75, 3.05) is 25.9 Å². The van der Waals surface area contributed by atoms with E-state index in [1.54, 1.807) is 0 Å². The molecule has 1 amide bonds. The van der Waals surface area contributed by atoms with Crippen LogP contribution in [-0.2, 0) is 9.84 Å². The van der Waals surface area contributed by atoms with Gasteiger partial charge in [-0.05, 0) is 31.4 Å². The van der Waals surface area contributed by atoms with Gasteiger partial charge in [0, 0.05) is 30.8 Å². The summed E-state index contributed by atoms with van der Waals surface area (Å²) < 4.78 is 28.8. The third-order valence-corrected chi connectivity index (χ3v) is 5.97. The van der Waals surface area contributed by atoms with E-state index >= 15 is 0 Å². The number of sulfone groups is 1. The Kier molecular flexibility index (Phi) is 3.61. The minimum Gasteiger partial charge on any atom is -0.461 e. The van der Waals surface area contributed by atoms with E-state index in [4.69, 9.17) is 4.42 Å². The molecule has 2 aliphatic rings. The molecule has 4 heterocycles. The van der Waals surface area contributed by atoms with Crippen LogP contribution in [0.25, 0.3) is 11.0 Å². The normalized spacial score (nSPS) is 26.6. The maximum atomic E-state index is 12.5. The maximum Gasteiger partial charge on any atom is 0.270 e. The number of hydrogen-bond donors (Lipinski definition) is 1. The van der Waals surface area contributed by atoms with Crippen LogP contribution in [0.3, 0.4) is 0 Å². The highest BCUT2D eigenvalue weighted by Crippen LogP contribution is 2.27. The molecule has 0 aromatic carbocycles. The number of piperidine rings is 1. The van der Waals surface area contributed by atoms with Crippen molar-refractivity contribution in [1.82, 2.24) is 15.2 Å². The monoisotopic (exact) mass is 349 g/mol. The number of hydrogen-bond acceptors (Lipinski definition) is 6. The van der Waals surface area contributed by atoms with Crippen LogP contribution in [0.5, 0.6) is 0 Å². The van der Waals surface area contributed by atoms with Gasteiger partial charge in [-0.3, -0.25) is 4.79 Å². The minimum absolute atomic E-state index is 0.0794. The van der Waals surface area contributed by atoms with Gasteiger partial charge in [0.15, 0.2) is 15.4 Å². The third-order valence-electron chi connectivity index (χ3n) is 4.86. The van der Waals surface area contributed by atoms with E-state index in [0.29, 0.717) is 16.9 Å². The Bertz CT molecular complexity index is 893. The lowest BCUT2D eigenvalue weighted by Crippen LogP contribution is -2.47. The molecule has 2 fully saturated rings. The average Bonchev–Trinajstić information content (AvgIpc) is 3.09. The molecule has 24 heavy (non-hydrogen) atoms. The molecule has 2 aromatic rings. The van der Waals surface area contributed by atoms with Gasteiger partial charge in [-0.2, -0.15) is 0 Å². The smallest absolute Gasteiger partial charge is 0.270 e. The molecule has 3 atom stereocenters. The Morgan fingerprint density at radius 2 is 2.25 bits per heavy atom. The molecule has 128 valence electrons. The van der Waals surface area contributed by atoms with Crippen molar-refractivity contribution >= 4 is 26.7 Å². The molecule has 2 aromatic heterocycles. The minimum atomic E-state index is -3.42. The molecule has 0 saturated carbocycles. The largest absolute Gasteiger partial charge is 0.461 e. The van der Waals surface area contributed by atoms with Crippen LogP contribution >= 0.6 is 0 Å². The van der Waals surface area contributed by atoms with Crippen molar-refractivity contribution in [2.45, 2.75) is 23.8 Å². The fraction of sp³-hybridized carbons (Fsp3) is 0.500. The molecular formula is C16H19N3O4S. The van der Waals surface area contributed by atoms with Crippen LogP contribution in [0.2, 0.25) is 0 Å². The van der Waals surface area contributed by atoms with Gasteiger partial charge >= 0.3 is 0 Å². The summed E-state index contributed by atoms with van der Waals surface area (Å²) in [6.07, 6.45) is 5.89. The number of pyridine rings is 1. The number of furan rings is 1. The van der Waals surface area contributed by atoms with Gasteiger partial charge in [-0.15, -0.1) is 0 Å². The number of carbonyl (C=O) groups excluding carboxylic acids is 1. The number of carbonyl (C=O) groups is 1. The Morgan fingerprint density at radius 1 is 1.42 bits per heavy atom.